The minimum Gasteiger partial charge on any atom is -0.479 e. The molecule has 0 saturated carbocycles. The number of nitrogens with zero attached hydrogens (tertiary/aromatic N) is 3. The van der Waals surface area contributed by atoms with Gasteiger partial charge in [0.2, 0.25) is 0 Å². The van der Waals surface area contributed by atoms with Gasteiger partial charge >= 0.3 is 5.97 Å². The van der Waals surface area contributed by atoms with E-state index in [1.165, 1.54) is 4.90 Å². The van der Waals surface area contributed by atoms with E-state index in [0.29, 0.717) is 23.5 Å². The van der Waals surface area contributed by atoms with Gasteiger partial charge in [-0.15, -0.1) is 0 Å². The first-order valence-electron chi connectivity index (χ1n) is 8.34. The van der Waals surface area contributed by atoms with Gasteiger partial charge in [-0.3, -0.25) is 4.79 Å². The normalized spacial score (nSPS) is 18.0. The molecule has 1 saturated heterocycles. The minimum atomic E-state index is -1.08. The molecule has 1 N–H and O–H groups in total. The number of aromatic nitrogens is 2. The Balaban J connectivity index is 1.91. The van der Waals surface area contributed by atoms with Gasteiger partial charge in [0.25, 0.3) is 11.8 Å². The van der Waals surface area contributed by atoms with Crippen LogP contribution in [0.5, 0.6) is 0 Å². The van der Waals surface area contributed by atoms with Crippen LogP contribution < -0.4 is 0 Å². The minimum absolute atomic E-state index is 0.000421. The molecule has 0 bridgehead atoms. The summed E-state index contributed by atoms with van der Waals surface area (Å²) in [5.41, 5.74) is 0.640. The molecule has 0 radical (unpaired) electrons. The molecule has 2 heterocycles. The summed E-state index contributed by atoms with van der Waals surface area (Å²) in [4.78, 5) is 30.0. The van der Waals surface area contributed by atoms with Crippen LogP contribution in [0, 0.1) is 0 Å². The molecule has 2 aromatic rings. The van der Waals surface area contributed by atoms with E-state index in [9.17, 15) is 9.59 Å². The number of morpholine rings is 1. The second kappa shape index (κ2) is 6.87. The number of carboxylic acids is 1. The number of carboxylic acid groups (broad SMARTS) is 1. The van der Waals surface area contributed by atoms with Crippen LogP contribution in [-0.2, 0) is 14.9 Å². The van der Waals surface area contributed by atoms with Gasteiger partial charge in [0, 0.05) is 12.0 Å². The molecule has 1 aliphatic heterocycles. The van der Waals surface area contributed by atoms with Crippen molar-refractivity contribution in [1.82, 2.24) is 15.0 Å². The van der Waals surface area contributed by atoms with Crippen molar-refractivity contribution in [3.63, 3.8) is 0 Å². The number of hydrogen-bond donors (Lipinski definition) is 1. The van der Waals surface area contributed by atoms with Crippen molar-refractivity contribution in [3.8, 4) is 11.5 Å². The molecule has 1 aliphatic rings. The Morgan fingerprint density at radius 1 is 1.27 bits per heavy atom. The molecule has 1 aromatic carbocycles. The lowest BCUT2D eigenvalue weighted by Gasteiger charge is -2.31. The topological polar surface area (TPSA) is 106 Å². The third kappa shape index (κ3) is 3.60. The van der Waals surface area contributed by atoms with Crippen molar-refractivity contribution < 1.29 is 24.0 Å². The average molecular weight is 359 g/mol. The maximum Gasteiger partial charge on any atom is 0.334 e. The summed E-state index contributed by atoms with van der Waals surface area (Å²) in [6.45, 7) is 6.42. The predicted octanol–water partition coefficient (Wildman–Crippen LogP) is 1.96. The predicted molar refractivity (Wildman–Crippen MR) is 91.7 cm³/mol. The van der Waals surface area contributed by atoms with Crippen molar-refractivity contribution in [1.29, 1.82) is 0 Å². The van der Waals surface area contributed by atoms with Crippen LogP contribution >= 0.6 is 0 Å². The summed E-state index contributed by atoms with van der Waals surface area (Å²) in [6.07, 6.45) is -1.02. The number of ether oxygens (including phenoxy) is 1. The fourth-order valence-electron chi connectivity index (χ4n) is 2.65. The fourth-order valence-corrected chi connectivity index (χ4v) is 2.65. The number of carbonyl (C=O) groups excluding carboxylic acids is 1. The van der Waals surface area contributed by atoms with Gasteiger partial charge in [0.05, 0.1) is 24.3 Å². The van der Waals surface area contributed by atoms with E-state index >= 15 is 0 Å². The van der Waals surface area contributed by atoms with Gasteiger partial charge in [-0.05, 0) is 12.1 Å². The smallest absolute Gasteiger partial charge is 0.334 e. The molecule has 0 spiro atoms. The standard InChI is InChI=1S/C18H21N3O5/c1-18(2,3)17-19-14(26-20-17)11-6-4-5-7-12(11)15(22)21-8-9-25-13(10-21)16(23)24/h4-7,13H,8-10H2,1-3H3,(H,23,24). The van der Waals surface area contributed by atoms with Gasteiger partial charge in [-0.2, -0.15) is 4.98 Å². The van der Waals surface area contributed by atoms with Crippen LogP contribution in [0.25, 0.3) is 11.5 Å². The van der Waals surface area contributed by atoms with Gasteiger partial charge < -0.3 is 19.3 Å². The lowest BCUT2D eigenvalue weighted by Crippen LogP contribution is -2.48. The molecule has 1 amide bonds. The number of hydrogen-bond acceptors (Lipinski definition) is 6. The Hall–Kier alpha value is -2.74. The second-order valence-electron chi connectivity index (χ2n) is 7.17. The summed E-state index contributed by atoms with van der Waals surface area (Å²) in [7, 11) is 0. The summed E-state index contributed by atoms with van der Waals surface area (Å²) in [5, 5.41) is 13.1. The van der Waals surface area contributed by atoms with E-state index < -0.39 is 12.1 Å². The molecule has 1 atom stereocenters. The highest BCUT2D eigenvalue weighted by molar-refractivity contribution is 6.00. The molecule has 8 nitrogen and oxygen atoms in total. The molecule has 1 unspecified atom stereocenters. The Morgan fingerprint density at radius 3 is 2.65 bits per heavy atom. The van der Waals surface area contributed by atoms with E-state index in [4.69, 9.17) is 14.4 Å². The number of rotatable bonds is 3. The largest absolute Gasteiger partial charge is 0.479 e. The molecule has 138 valence electrons. The lowest BCUT2D eigenvalue weighted by molar-refractivity contribution is -0.154. The quantitative estimate of drug-likeness (QED) is 0.893. The zero-order valence-corrected chi connectivity index (χ0v) is 14.9. The number of amides is 1. The second-order valence-corrected chi connectivity index (χ2v) is 7.17. The van der Waals surface area contributed by atoms with Crippen molar-refractivity contribution in [2.24, 2.45) is 0 Å². The van der Waals surface area contributed by atoms with Crippen molar-refractivity contribution >= 4 is 11.9 Å². The zero-order chi connectivity index (χ0) is 18.9. The summed E-state index contributed by atoms with van der Waals surface area (Å²) < 4.78 is 10.5. The number of aliphatic carboxylic acids is 1. The van der Waals surface area contributed by atoms with E-state index in [0.717, 1.165) is 0 Å². The van der Waals surface area contributed by atoms with Crippen molar-refractivity contribution in [2.75, 3.05) is 19.7 Å². The Labute approximate surface area is 150 Å². The van der Waals surface area contributed by atoms with Gasteiger partial charge in [0.1, 0.15) is 0 Å². The molecule has 8 heteroatoms. The average Bonchev–Trinajstić information content (AvgIpc) is 3.11. The van der Waals surface area contributed by atoms with Crippen molar-refractivity contribution in [3.05, 3.63) is 35.7 Å². The zero-order valence-electron chi connectivity index (χ0n) is 14.9. The van der Waals surface area contributed by atoms with E-state index in [2.05, 4.69) is 10.1 Å². The fraction of sp³-hybridized carbons (Fsp3) is 0.444. The maximum atomic E-state index is 13.0. The molecular formula is C18H21N3O5. The monoisotopic (exact) mass is 359 g/mol. The Kier molecular flexibility index (Phi) is 4.78. The Morgan fingerprint density at radius 2 is 2.00 bits per heavy atom. The van der Waals surface area contributed by atoms with E-state index in [1.807, 2.05) is 20.8 Å². The molecular weight excluding hydrogens is 338 g/mol. The molecule has 0 aliphatic carbocycles. The first kappa shape index (κ1) is 18.1. The van der Waals surface area contributed by atoms with Gasteiger partial charge in [0.15, 0.2) is 11.9 Å². The van der Waals surface area contributed by atoms with E-state index in [-0.39, 0.29) is 30.4 Å². The first-order chi connectivity index (χ1) is 12.3. The van der Waals surface area contributed by atoms with Gasteiger partial charge in [-0.25, -0.2) is 4.79 Å². The third-order valence-corrected chi connectivity index (χ3v) is 4.11. The van der Waals surface area contributed by atoms with Gasteiger partial charge in [-0.1, -0.05) is 38.1 Å². The van der Waals surface area contributed by atoms with Crippen LogP contribution in [0.4, 0.5) is 0 Å². The molecule has 3 rings (SSSR count). The molecule has 26 heavy (non-hydrogen) atoms. The summed E-state index contributed by atoms with van der Waals surface area (Å²) >= 11 is 0. The van der Waals surface area contributed by atoms with Crippen LogP contribution in [-0.4, -0.2) is 57.8 Å². The van der Waals surface area contributed by atoms with Crippen LogP contribution in [0.2, 0.25) is 0 Å². The highest BCUT2D eigenvalue weighted by Crippen LogP contribution is 2.27. The van der Waals surface area contributed by atoms with Crippen molar-refractivity contribution in [2.45, 2.75) is 32.3 Å². The SMILES string of the molecule is CC(C)(C)c1noc(-c2ccccc2C(=O)N2CCOC(C(=O)O)C2)n1. The number of benzene rings is 1. The third-order valence-electron chi connectivity index (χ3n) is 4.11. The lowest BCUT2D eigenvalue weighted by atomic mass is 9.96. The van der Waals surface area contributed by atoms with Crippen LogP contribution in [0.3, 0.4) is 0 Å². The van der Waals surface area contributed by atoms with E-state index in [1.54, 1.807) is 24.3 Å². The molecule has 1 aromatic heterocycles. The maximum absolute atomic E-state index is 13.0. The first-order valence-corrected chi connectivity index (χ1v) is 8.34. The highest BCUT2D eigenvalue weighted by Gasteiger charge is 2.31. The highest BCUT2D eigenvalue weighted by atomic mass is 16.5. The van der Waals surface area contributed by atoms with Crippen LogP contribution in [0.15, 0.2) is 28.8 Å². The Bertz CT molecular complexity index is 824. The summed E-state index contributed by atoms with van der Waals surface area (Å²) in [5.74, 6) is -0.554. The molecule has 1 fully saturated rings. The van der Waals surface area contributed by atoms with Crippen LogP contribution in [0.1, 0.15) is 37.0 Å². The summed E-state index contributed by atoms with van der Waals surface area (Å²) in [6, 6.07) is 6.94. The number of carbonyl (C=O) groups is 2.